The molecule has 3 aromatic carbocycles. The monoisotopic (exact) mass is 521 g/mol. The first kappa shape index (κ1) is 24.5. The van der Waals surface area contributed by atoms with Gasteiger partial charge in [0.1, 0.15) is 23.9 Å². The summed E-state index contributed by atoms with van der Waals surface area (Å²) in [5.74, 6) is 1.46. The third kappa shape index (κ3) is 5.80. The highest BCUT2D eigenvalue weighted by molar-refractivity contribution is 8.00. The molecule has 1 N–H and O–H groups in total. The quantitative estimate of drug-likeness (QED) is 0.206. The first-order valence-electron chi connectivity index (χ1n) is 11.7. The Labute approximate surface area is 224 Å². The Kier molecular flexibility index (Phi) is 7.45. The summed E-state index contributed by atoms with van der Waals surface area (Å²) in [6.45, 7) is 4.26. The Balaban J connectivity index is 1.50. The molecular formula is C29H23N5OS2. The van der Waals surface area contributed by atoms with Crippen LogP contribution in [-0.4, -0.2) is 14.3 Å². The van der Waals surface area contributed by atoms with Crippen LogP contribution in [-0.2, 0) is 0 Å². The number of ether oxygens (including phenoxy) is 1. The summed E-state index contributed by atoms with van der Waals surface area (Å²) in [5, 5.41) is 10.6. The Bertz CT molecular complexity index is 1550. The van der Waals surface area contributed by atoms with Crippen LogP contribution in [0, 0.1) is 11.3 Å². The molecule has 8 heteroatoms. The summed E-state index contributed by atoms with van der Waals surface area (Å²) in [6, 6.07) is 28.3. The van der Waals surface area contributed by atoms with Crippen LogP contribution in [0.5, 0.6) is 11.5 Å². The molecule has 0 amide bonds. The van der Waals surface area contributed by atoms with Gasteiger partial charge in [0.05, 0.1) is 5.56 Å². The fraction of sp³-hybridized carbons (Fsp3) is 0.103. The summed E-state index contributed by atoms with van der Waals surface area (Å²) in [5.41, 5.74) is 5.61. The molecule has 0 saturated heterocycles. The van der Waals surface area contributed by atoms with Gasteiger partial charge in [0.25, 0.3) is 0 Å². The van der Waals surface area contributed by atoms with Gasteiger partial charge in [-0.25, -0.2) is 4.98 Å². The standard InChI is InChI=1S/C29H23N5OS2/c1-19(2)26-16-22(12-13-31-26)25-15-21(20-6-4-3-5-7-20)8-10-28(25)35-27-11-9-24(14-23(27)17-30)36-34-29-32-18-33-37-29/h3-16,18-19H,1-2H3,(H,32,33,34). The molecule has 5 aromatic rings. The molecule has 0 radical (unpaired) electrons. The first-order valence-corrected chi connectivity index (χ1v) is 13.3. The molecule has 37 heavy (non-hydrogen) atoms. The molecule has 6 nitrogen and oxygen atoms in total. The first-order chi connectivity index (χ1) is 18.1. The number of aromatic nitrogens is 3. The lowest BCUT2D eigenvalue weighted by Gasteiger charge is -2.16. The smallest absolute Gasteiger partial charge is 0.212 e. The number of anilines is 1. The minimum absolute atomic E-state index is 0.297. The number of hydrogen-bond donors (Lipinski definition) is 1. The average Bonchev–Trinajstić information content (AvgIpc) is 3.47. The maximum Gasteiger partial charge on any atom is 0.212 e. The van der Waals surface area contributed by atoms with E-state index < -0.39 is 0 Å². The van der Waals surface area contributed by atoms with Crippen molar-refractivity contribution in [3.8, 4) is 39.8 Å². The van der Waals surface area contributed by atoms with Gasteiger partial charge in [-0.2, -0.15) is 9.64 Å². The van der Waals surface area contributed by atoms with E-state index in [0.29, 0.717) is 28.1 Å². The summed E-state index contributed by atoms with van der Waals surface area (Å²) >= 11 is 2.64. The highest BCUT2D eigenvalue weighted by atomic mass is 32.2. The molecule has 2 aromatic heterocycles. The SMILES string of the molecule is CC(C)c1cc(-c2cc(-c3ccccc3)ccc2Oc2ccc(SNc3ncns3)cc2C#N)ccn1. The van der Waals surface area contributed by atoms with Crippen LogP contribution in [0.1, 0.15) is 31.0 Å². The fourth-order valence-electron chi connectivity index (χ4n) is 3.77. The van der Waals surface area contributed by atoms with Crippen LogP contribution < -0.4 is 9.46 Å². The van der Waals surface area contributed by atoms with E-state index in [1.54, 1.807) is 6.07 Å². The van der Waals surface area contributed by atoms with Gasteiger partial charge in [-0.3, -0.25) is 4.98 Å². The Morgan fingerprint density at radius 2 is 1.73 bits per heavy atom. The van der Waals surface area contributed by atoms with Gasteiger partial charge < -0.3 is 9.46 Å². The second-order valence-electron chi connectivity index (χ2n) is 8.52. The van der Waals surface area contributed by atoms with Gasteiger partial charge in [0.15, 0.2) is 0 Å². The van der Waals surface area contributed by atoms with Crippen LogP contribution in [0.2, 0.25) is 0 Å². The number of pyridine rings is 1. The lowest BCUT2D eigenvalue weighted by atomic mass is 9.97. The van der Waals surface area contributed by atoms with Crippen molar-refractivity contribution in [1.82, 2.24) is 14.3 Å². The molecule has 0 bridgehead atoms. The predicted molar refractivity (Wildman–Crippen MR) is 150 cm³/mol. The third-order valence-corrected chi connectivity index (χ3v) is 7.17. The van der Waals surface area contributed by atoms with Gasteiger partial charge >= 0.3 is 0 Å². The zero-order valence-electron chi connectivity index (χ0n) is 20.3. The molecule has 0 saturated carbocycles. The second kappa shape index (κ2) is 11.2. The molecule has 0 spiro atoms. The van der Waals surface area contributed by atoms with Gasteiger partial charge in [0.2, 0.25) is 5.13 Å². The van der Waals surface area contributed by atoms with E-state index in [4.69, 9.17) is 4.74 Å². The highest BCUT2D eigenvalue weighted by Gasteiger charge is 2.14. The number of benzene rings is 3. The number of nitriles is 1. The van der Waals surface area contributed by atoms with E-state index in [0.717, 1.165) is 32.8 Å². The highest BCUT2D eigenvalue weighted by Crippen LogP contribution is 2.39. The molecule has 182 valence electrons. The molecule has 5 rings (SSSR count). The van der Waals surface area contributed by atoms with Gasteiger partial charge in [0, 0.05) is 33.9 Å². The van der Waals surface area contributed by atoms with Crippen molar-refractivity contribution in [1.29, 1.82) is 5.26 Å². The lowest BCUT2D eigenvalue weighted by molar-refractivity contribution is 0.482. The number of hydrogen-bond acceptors (Lipinski definition) is 8. The van der Waals surface area contributed by atoms with Crippen molar-refractivity contribution in [3.05, 3.63) is 103 Å². The van der Waals surface area contributed by atoms with Crippen LogP contribution in [0.4, 0.5) is 5.13 Å². The third-order valence-electron chi connectivity index (χ3n) is 5.68. The molecule has 0 unspecified atom stereocenters. The number of nitrogens with one attached hydrogen (secondary N) is 1. The van der Waals surface area contributed by atoms with Gasteiger partial charge in [-0.15, -0.1) is 0 Å². The predicted octanol–water partition coefficient (Wildman–Crippen LogP) is 8.17. The molecule has 2 heterocycles. The Morgan fingerprint density at radius 3 is 2.49 bits per heavy atom. The fourth-order valence-corrected chi connectivity index (χ4v) is 4.91. The summed E-state index contributed by atoms with van der Waals surface area (Å²) in [7, 11) is 0. The molecular weight excluding hydrogens is 498 g/mol. The Hall–Kier alpha value is -4.19. The molecule has 0 atom stereocenters. The molecule has 0 aliphatic rings. The minimum atomic E-state index is 0.297. The maximum absolute atomic E-state index is 9.86. The lowest BCUT2D eigenvalue weighted by Crippen LogP contribution is -1.96. The largest absolute Gasteiger partial charge is 0.455 e. The molecule has 0 fully saturated rings. The van der Waals surface area contributed by atoms with E-state index in [9.17, 15) is 5.26 Å². The Morgan fingerprint density at radius 1 is 0.892 bits per heavy atom. The van der Waals surface area contributed by atoms with Crippen molar-refractivity contribution in [2.75, 3.05) is 4.72 Å². The van der Waals surface area contributed by atoms with Crippen molar-refractivity contribution in [2.45, 2.75) is 24.7 Å². The van der Waals surface area contributed by atoms with E-state index in [2.05, 4.69) is 63.2 Å². The number of nitrogens with zero attached hydrogens (tertiary/aromatic N) is 4. The van der Waals surface area contributed by atoms with E-state index in [-0.39, 0.29) is 0 Å². The van der Waals surface area contributed by atoms with Crippen LogP contribution >= 0.6 is 23.5 Å². The minimum Gasteiger partial charge on any atom is -0.455 e. The van der Waals surface area contributed by atoms with Crippen molar-refractivity contribution in [2.24, 2.45) is 0 Å². The summed E-state index contributed by atoms with van der Waals surface area (Å²) in [6.07, 6.45) is 3.33. The van der Waals surface area contributed by atoms with Crippen LogP contribution in [0.3, 0.4) is 0 Å². The zero-order chi connectivity index (χ0) is 25.6. The zero-order valence-corrected chi connectivity index (χ0v) is 21.9. The van der Waals surface area contributed by atoms with E-state index in [1.807, 2.05) is 54.7 Å². The van der Waals surface area contributed by atoms with Crippen LogP contribution in [0.15, 0.2) is 96.3 Å². The average molecular weight is 522 g/mol. The second-order valence-corrected chi connectivity index (χ2v) is 10.2. The normalized spacial score (nSPS) is 10.8. The molecule has 0 aliphatic heterocycles. The van der Waals surface area contributed by atoms with Crippen molar-refractivity contribution in [3.63, 3.8) is 0 Å². The van der Waals surface area contributed by atoms with Crippen molar-refractivity contribution < 1.29 is 4.74 Å². The van der Waals surface area contributed by atoms with Crippen molar-refractivity contribution >= 4 is 28.6 Å². The van der Waals surface area contributed by atoms with Gasteiger partial charge in [-0.05, 0) is 77.0 Å². The maximum atomic E-state index is 9.86. The topological polar surface area (TPSA) is 83.7 Å². The van der Waals surface area contributed by atoms with Gasteiger partial charge in [-0.1, -0.05) is 50.2 Å². The van der Waals surface area contributed by atoms with E-state index in [1.165, 1.54) is 29.8 Å². The molecule has 0 aliphatic carbocycles. The summed E-state index contributed by atoms with van der Waals surface area (Å²) in [4.78, 5) is 9.51. The van der Waals surface area contributed by atoms with Crippen LogP contribution in [0.25, 0.3) is 22.3 Å². The van der Waals surface area contributed by atoms with E-state index >= 15 is 0 Å². The summed E-state index contributed by atoms with van der Waals surface area (Å²) < 4.78 is 13.5. The number of rotatable bonds is 8.